The number of hydrogen-bond acceptors (Lipinski definition) is 7. The van der Waals surface area contributed by atoms with E-state index in [1.54, 1.807) is 12.1 Å². The van der Waals surface area contributed by atoms with Gasteiger partial charge in [-0.2, -0.15) is 0 Å². The summed E-state index contributed by atoms with van der Waals surface area (Å²) in [4.78, 5) is 27.2. The Morgan fingerprint density at radius 3 is 2.36 bits per heavy atom. The fourth-order valence-electron chi connectivity index (χ4n) is 3.63. The Balaban J connectivity index is 1.21. The van der Waals surface area contributed by atoms with Gasteiger partial charge in [0.15, 0.2) is 0 Å². The highest BCUT2D eigenvalue weighted by Gasteiger charge is 2.18. The van der Waals surface area contributed by atoms with Crippen LogP contribution >= 0.6 is 0 Å². The summed E-state index contributed by atoms with van der Waals surface area (Å²) in [6.07, 6.45) is 0. The van der Waals surface area contributed by atoms with Crippen LogP contribution < -0.4 is 15.5 Å². The Hall–Kier alpha value is -4.24. The molecule has 0 spiro atoms. The predicted octanol–water partition coefficient (Wildman–Crippen LogP) is 3.56. The fraction of sp³-hybridized carbons (Fsp3) is 0.167. The molecule has 33 heavy (non-hydrogen) atoms. The predicted molar refractivity (Wildman–Crippen MR) is 124 cm³/mol. The third-order valence-corrected chi connectivity index (χ3v) is 5.35. The van der Waals surface area contributed by atoms with Gasteiger partial charge < -0.3 is 19.4 Å². The fourth-order valence-corrected chi connectivity index (χ4v) is 3.63. The largest absolute Gasteiger partial charge is 0.399 e. The summed E-state index contributed by atoms with van der Waals surface area (Å²) in [7, 11) is 0. The molecule has 0 aliphatic carbocycles. The molecule has 1 aliphatic heterocycles. The molecule has 3 aromatic carbocycles. The topological polar surface area (TPSA) is 110 Å². The van der Waals surface area contributed by atoms with E-state index >= 15 is 0 Å². The Bertz CT molecular complexity index is 1300. The van der Waals surface area contributed by atoms with E-state index in [9.17, 15) is 9.59 Å². The monoisotopic (exact) mass is 443 g/mol. The number of nitrogens with one attached hydrogen (secondary N) is 2. The number of anilines is 3. The van der Waals surface area contributed by atoms with E-state index in [0.717, 1.165) is 29.5 Å². The first-order chi connectivity index (χ1) is 16.2. The summed E-state index contributed by atoms with van der Waals surface area (Å²) in [6.45, 7) is 3.08. The van der Waals surface area contributed by atoms with Crippen molar-refractivity contribution >= 4 is 40.0 Å². The van der Waals surface area contributed by atoms with Gasteiger partial charge in [0, 0.05) is 30.0 Å². The van der Waals surface area contributed by atoms with Crippen LogP contribution in [0.3, 0.4) is 0 Å². The summed E-state index contributed by atoms with van der Waals surface area (Å²) < 4.78 is 10.7. The number of carbonyl (C=O) groups is 2. The standard InChI is InChI=1S/C24H21N5O4/c30-21(18-6-5-16-3-1-2-4-17(16)15-18)26-24-28-27-23(33-24)22(31)25-19-7-9-20(10-8-19)29-11-13-32-14-12-29/h1-10,15H,11-14H2,(H,25,31)(H,26,28,30). The summed E-state index contributed by atoms with van der Waals surface area (Å²) in [5, 5.41) is 14.7. The van der Waals surface area contributed by atoms with Crippen LogP contribution in [0.25, 0.3) is 10.8 Å². The second kappa shape index (κ2) is 9.09. The third kappa shape index (κ3) is 4.68. The van der Waals surface area contributed by atoms with Crippen molar-refractivity contribution in [3.8, 4) is 0 Å². The number of hydrogen-bond donors (Lipinski definition) is 2. The number of rotatable bonds is 5. The normalized spacial score (nSPS) is 13.6. The maximum Gasteiger partial charge on any atom is 0.322 e. The van der Waals surface area contributed by atoms with E-state index in [0.29, 0.717) is 24.5 Å². The zero-order valence-corrected chi connectivity index (χ0v) is 17.7. The van der Waals surface area contributed by atoms with Gasteiger partial charge >= 0.3 is 17.8 Å². The molecule has 0 saturated carbocycles. The van der Waals surface area contributed by atoms with Crippen molar-refractivity contribution in [3.63, 3.8) is 0 Å². The van der Waals surface area contributed by atoms with Crippen molar-refractivity contribution in [3.05, 3.63) is 78.2 Å². The van der Waals surface area contributed by atoms with Gasteiger partial charge in [-0.05, 0) is 47.2 Å². The maximum atomic E-state index is 12.5. The minimum atomic E-state index is -0.562. The van der Waals surface area contributed by atoms with Crippen molar-refractivity contribution in [2.24, 2.45) is 0 Å². The van der Waals surface area contributed by atoms with Gasteiger partial charge in [0.2, 0.25) is 0 Å². The van der Waals surface area contributed by atoms with Crippen LogP contribution in [0.15, 0.2) is 71.1 Å². The minimum absolute atomic E-state index is 0.152. The molecule has 0 radical (unpaired) electrons. The quantitative estimate of drug-likeness (QED) is 0.485. The number of benzene rings is 3. The van der Waals surface area contributed by atoms with Crippen molar-refractivity contribution in [1.29, 1.82) is 0 Å². The van der Waals surface area contributed by atoms with Crippen molar-refractivity contribution < 1.29 is 18.7 Å². The second-order valence-corrected chi connectivity index (χ2v) is 7.53. The second-order valence-electron chi connectivity index (χ2n) is 7.53. The highest BCUT2D eigenvalue weighted by Crippen LogP contribution is 2.20. The van der Waals surface area contributed by atoms with E-state index in [-0.39, 0.29) is 11.9 Å². The van der Waals surface area contributed by atoms with E-state index < -0.39 is 11.8 Å². The number of amides is 2. The Morgan fingerprint density at radius 1 is 0.818 bits per heavy atom. The van der Waals surface area contributed by atoms with Crippen LogP contribution in [0.2, 0.25) is 0 Å². The van der Waals surface area contributed by atoms with Crippen LogP contribution in [0.5, 0.6) is 0 Å². The molecule has 166 valence electrons. The third-order valence-electron chi connectivity index (χ3n) is 5.35. The summed E-state index contributed by atoms with van der Waals surface area (Å²) in [5.74, 6) is -1.22. The molecule has 9 heteroatoms. The molecule has 0 unspecified atom stereocenters. The molecule has 1 fully saturated rings. The number of carbonyl (C=O) groups excluding carboxylic acids is 2. The average Bonchev–Trinajstić information content (AvgIpc) is 3.33. The summed E-state index contributed by atoms with van der Waals surface area (Å²) >= 11 is 0. The highest BCUT2D eigenvalue weighted by molar-refractivity contribution is 6.06. The van der Waals surface area contributed by atoms with Crippen LogP contribution in [0.4, 0.5) is 17.4 Å². The van der Waals surface area contributed by atoms with E-state index in [2.05, 4.69) is 25.7 Å². The summed E-state index contributed by atoms with van der Waals surface area (Å²) in [6, 6.07) is 20.4. The Kier molecular flexibility index (Phi) is 5.69. The van der Waals surface area contributed by atoms with Gasteiger partial charge in [0.1, 0.15) is 0 Å². The first-order valence-electron chi connectivity index (χ1n) is 10.5. The lowest BCUT2D eigenvalue weighted by molar-refractivity contribution is 0.0983. The van der Waals surface area contributed by atoms with Gasteiger partial charge in [-0.1, -0.05) is 35.4 Å². The molecule has 2 heterocycles. The lowest BCUT2D eigenvalue weighted by Gasteiger charge is -2.28. The van der Waals surface area contributed by atoms with Crippen LogP contribution in [-0.4, -0.2) is 48.3 Å². The molecule has 2 N–H and O–H groups in total. The Labute approximate surface area is 189 Å². The van der Waals surface area contributed by atoms with Gasteiger partial charge in [-0.15, -0.1) is 5.10 Å². The molecule has 0 bridgehead atoms. The highest BCUT2D eigenvalue weighted by atomic mass is 16.5. The van der Waals surface area contributed by atoms with Crippen molar-refractivity contribution in [1.82, 2.24) is 10.2 Å². The zero-order valence-electron chi connectivity index (χ0n) is 17.7. The smallest absolute Gasteiger partial charge is 0.322 e. The maximum absolute atomic E-state index is 12.5. The molecule has 1 saturated heterocycles. The van der Waals surface area contributed by atoms with Crippen molar-refractivity contribution in [2.45, 2.75) is 0 Å². The Morgan fingerprint density at radius 2 is 1.58 bits per heavy atom. The molecule has 9 nitrogen and oxygen atoms in total. The van der Waals surface area contributed by atoms with Gasteiger partial charge in [-0.3, -0.25) is 14.9 Å². The number of morpholine rings is 1. The van der Waals surface area contributed by atoms with Crippen LogP contribution in [-0.2, 0) is 4.74 Å². The number of aromatic nitrogens is 2. The van der Waals surface area contributed by atoms with E-state index in [1.807, 2.05) is 54.6 Å². The molecule has 4 aromatic rings. The minimum Gasteiger partial charge on any atom is -0.399 e. The zero-order chi connectivity index (χ0) is 22.6. The number of ether oxygens (including phenoxy) is 1. The number of nitrogens with zero attached hydrogens (tertiary/aromatic N) is 3. The van der Waals surface area contributed by atoms with E-state index in [1.165, 1.54) is 0 Å². The van der Waals surface area contributed by atoms with E-state index in [4.69, 9.17) is 9.15 Å². The molecule has 2 amide bonds. The van der Waals surface area contributed by atoms with Crippen LogP contribution in [0, 0.1) is 0 Å². The van der Waals surface area contributed by atoms with Crippen molar-refractivity contribution in [2.75, 3.05) is 41.8 Å². The molecule has 0 atom stereocenters. The molecule has 5 rings (SSSR count). The SMILES string of the molecule is O=C(Nc1nnc(C(=O)Nc2ccc(N3CCOCC3)cc2)o1)c1ccc2ccccc2c1. The lowest BCUT2D eigenvalue weighted by Crippen LogP contribution is -2.36. The summed E-state index contributed by atoms with van der Waals surface area (Å²) in [5.41, 5.74) is 2.10. The molecule has 1 aliphatic rings. The molecular formula is C24H21N5O4. The number of fused-ring (bicyclic) bond motifs is 1. The molecule has 1 aromatic heterocycles. The first kappa shape index (κ1) is 20.7. The lowest BCUT2D eigenvalue weighted by atomic mass is 10.1. The molecular weight excluding hydrogens is 422 g/mol. The van der Waals surface area contributed by atoms with Gasteiger partial charge in [0.25, 0.3) is 5.91 Å². The first-order valence-corrected chi connectivity index (χ1v) is 10.5. The van der Waals surface area contributed by atoms with Gasteiger partial charge in [0.05, 0.1) is 13.2 Å². The van der Waals surface area contributed by atoms with Crippen LogP contribution in [0.1, 0.15) is 21.0 Å². The average molecular weight is 443 g/mol. The van der Waals surface area contributed by atoms with Gasteiger partial charge in [-0.25, -0.2) is 0 Å².